The minimum absolute atomic E-state index is 0.0187. The first-order chi connectivity index (χ1) is 10.1. The van der Waals surface area contributed by atoms with Gasteiger partial charge in [-0.2, -0.15) is 0 Å². The summed E-state index contributed by atoms with van der Waals surface area (Å²) < 4.78 is 0. The first kappa shape index (κ1) is 13.9. The number of H-pyrrole nitrogens is 1. The van der Waals surface area contributed by atoms with Gasteiger partial charge >= 0.3 is 0 Å². The molecule has 0 saturated carbocycles. The molecule has 1 unspecified atom stereocenters. The number of hydrogen-bond acceptors (Lipinski definition) is 2. The molecule has 1 heterocycles. The summed E-state index contributed by atoms with van der Waals surface area (Å²) in [6.07, 6.45) is 3.41. The Morgan fingerprint density at radius 2 is 2.10 bits per heavy atom. The van der Waals surface area contributed by atoms with Crippen molar-refractivity contribution >= 4 is 22.6 Å². The van der Waals surface area contributed by atoms with Gasteiger partial charge in [-0.15, -0.1) is 0 Å². The molecule has 0 bridgehead atoms. The molecule has 2 N–H and O–H groups in total. The van der Waals surface area contributed by atoms with Gasteiger partial charge in [-0.25, -0.2) is 0 Å². The number of nitrogens with one attached hydrogen (secondary N) is 2. The van der Waals surface area contributed by atoms with E-state index in [9.17, 15) is 9.59 Å². The van der Waals surface area contributed by atoms with Crippen molar-refractivity contribution in [2.45, 2.75) is 45.1 Å². The summed E-state index contributed by atoms with van der Waals surface area (Å²) in [5.74, 6) is 0.0430. The maximum absolute atomic E-state index is 11.8. The van der Waals surface area contributed by atoms with Crippen molar-refractivity contribution in [3.8, 4) is 0 Å². The molecule has 0 fully saturated rings. The van der Waals surface area contributed by atoms with Crippen LogP contribution in [0.5, 0.6) is 0 Å². The predicted octanol–water partition coefficient (Wildman–Crippen LogP) is 2.51. The van der Waals surface area contributed by atoms with Crippen molar-refractivity contribution in [3.63, 3.8) is 0 Å². The normalized spacial score (nSPS) is 17.5. The van der Waals surface area contributed by atoms with Crippen LogP contribution in [0, 0.1) is 0 Å². The van der Waals surface area contributed by atoms with E-state index in [2.05, 4.69) is 28.5 Å². The van der Waals surface area contributed by atoms with Crippen molar-refractivity contribution in [3.05, 3.63) is 35.5 Å². The van der Waals surface area contributed by atoms with E-state index >= 15 is 0 Å². The molecule has 21 heavy (non-hydrogen) atoms. The number of benzene rings is 1. The zero-order chi connectivity index (χ0) is 14.8. The maximum atomic E-state index is 11.8. The van der Waals surface area contributed by atoms with E-state index < -0.39 is 0 Å². The van der Waals surface area contributed by atoms with Gasteiger partial charge in [0, 0.05) is 41.9 Å². The van der Waals surface area contributed by atoms with Crippen molar-refractivity contribution in [2.24, 2.45) is 0 Å². The third-order valence-corrected chi connectivity index (χ3v) is 4.16. The largest absolute Gasteiger partial charge is 0.358 e. The highest BCUT2D eigenvalue weighted by molar-refractivity contribution is 5.85. The first-order valence-electron chi connectivity index (χ1n) is 7.50. The Balaban J connectivity index is 1.67. The average molecular weight is 284 g/mol. The molecule has 1 aliphatic rings. The molecular weight excluding hydrogens is 264 g/mol. The first-order valence-corrected chi connectivity index (χ1v) is 7.50. The zero-order valence-corrected chi connectivity index (χ0v) is 12.2. The Labute approximate surface area is 123 Å². The van der Waals surface area contributed by atoms with Crippen molar-refractivity contribution < 1.29 is 9.59 Å². The van der Waals surface area contributed by atoms with E-state index in [0.717, 1.165) is 19.3 Å². The van der Waals surface area contributed by atoms with Crippen LogP contribution in [0.3, 0.4) is 0 Å². The number of aromatic amines is 1. The summed E-state index contributed by atoms with van der Waals surface area (Å²) in [5.41, 5.74) is 3.80. The molecule has 1 atom stereocenters. The topological polar surface area (TPSA) is 62.0 Å². The summed E-state index contributed by atoms with van der Waals surface area (Å²) in [5, 5.41) is 4.35. The van der Waals surface area contributed by atoms with Crippen molar-refractivity contribution in [1.29, 1.82) is 0 Å². The smallest absolute Gasteiger partial charge is 0.220 e. The summed E-state index contributed by atoms with van der Waals surface area (Å²) in [4.78, 5) is 26.2. The number of carbonyl (C=O) groups excluding carboxylic acids is 2. The van der Waals surface area contributed by atoms with Crippen molar-refractivity contribution in [1.82, 2.24) is 10.3 Å². The van der Waals surface area contributed by atoms with Gasteiger partial charge in [-0.05, 0) is 31.4 Å². The fraction of sp³-hybridized carbons (Fsp3) is 0.412. The van der Waals surface area contributed by atoms with E-state index in [4.69, 9.17) is 0 Å². The monoisotopic (exact) mass is 284 g/mol. The van der Waals surface area contributed by atoms with Crippen LogP contribution >= 0.6 is 0 Å². The summed E-state index contributed by atoms with van der Waals surface area (Å²) in [6.45, 7) is 1.52. The number of fused-ring (bicyclic) bond motifs is 3. The van der Waals surface area contributed by atoms with Crippen LogP contribution in [0.4, 0.5) is 0 Å². The third kappa shape index (κ3) is 2.99. The Morgan fingerprint density at radius 3 is 2.90 bits per heavy atom. The maximum Gasteiger partial charge on any atom is 0.220 e. The lowest BCUT2D eigenvalue weighted by molar-refractivity contribution is -0.125. The lowest BCUT2D eigenvalue weighted by atomic mass is 9.91. The van der Waals surface area contributed by atoms with Gasteiger partial charge in [-0.1, -0.05) is 18.2 Å². The minimum Gasteiger partial charge on any atom is -0.358 e. The molecular formula is C17H20N2O2. The van der Waals surface area contributed by atoms with Gasteiger partial charge < -0.3 is 15.1 Å². The molecule has 1 aromatic carbocycles. The number of ketones is 1. The zero-order valence-electron chi connectivity index (χ0n) is 12.2. The van der Waals surface area contributed by atoms with Crippen LogP contribution in [0.15, 0.2) is 24.3 Å². The predicted molar refractivity (Wildman–Crippen MR) is 82.2 cm³/mol. The Morgan fingerprint density at radius 1 is 1.29 bits per heavy atom. The molecule has 0 aliphatic heterocycles. The molecule has 0 saturated heterocycles. The van der Waals surface area contributed by atoms with Crippen LogP contribution in [0.1, 0.15) is 37.4 Å². The molecule has 4 nitrogen and oxygen atoms in total. The minimum atomic E-state index is -0.0187. The number of amides is 1. The highest BCUT2D eigenvalue weighted by Crippen LogP contribution is 2.29. The second kappa shape index (κ2) is 5.72. The fourth-order valence-corrected chi connectivity index (χ4v) is 3.10. The Kier molecular flexibility index (Phi) is 3.78. The van der Waals surface area contributed by atoms with Gasteiger partial charge in [0.2, 0.25) is 5.91 Å². The van der Waals surface area contributed by atoms with Gasteiger partial charge in [0.15, 0.2) is 0 Å². The summed E-state index contributed by atoms with van der Waals surface area (Å²) in [7, 11) is 0. The summed E-state index contributed by atoms with van der Waals surface area (Å²) in [6, 6.07) is 8.51. The fourth-order valence-electron chi connectivity index (χ4n) is 3.10. The van der Waals surface area contributed by atoms with Crippen LogP contribution in [-0.2, 0) is 22.4 Å². The molecule has 3 rings (SSSR count). The summed E-state index contributed by atoms with van der Waals surface area (Å²) >= 11 is 0. The molecule has 0 radical (unpaired) electrons. The van der Waals surface area contributed by atoms with E-state index in [1.54, 1.807) is 0 Å². The highest BCUT2D eigenvalue weighted by atomic mass is 16.2. The lowest BCUT2D eigenvalue weighted by Crippen LogP contribution is -2.38. The Hall–Kier alpha value is -2.10. The molecule has 2 aromatic rings. The lowest BCUT2D eigenvalue weighted by Gasteiger charge is -2.23. The van der Waals surface area contributed by atoms with Gasteiger partial charge in [0.25, 0.3) is 0 Å². The number of para-hydroxylation sites is 1. The number of carbonyl (C=O) groups is 2. The second-order valence-corrected chi connectivity index (χ2v) is 5.84. The third-order valence-electron chi connectivity index (χ3n) is 4.16. The SMILES string of the molecule is CC(=O)CCC(=O)NC1CCc2c([nH]c3ccccc23)C1. The van der Waals surface area contributed by atoms with E-state index in [0.29, 0.717) is 12.8 Å². The van der Waals surface area contributed by atoms with Crippen LogP contribution in [0.2, 0.25) is 0 Å². The van der Waals surface area contributed by atoms with Crippen LogP contribution in [-0.4, -0.2) is 22.7 Å². The van der Waals surface area contributed by atoms with E-state index in [1.165, 1.54) is 29.1 Å². The number of aromatic nitrogens is 1. The number of hydrogen-bond donors (Lipinski definition) is 2. The molecule has 4 heteroatoms. The van der Waals surface area contributed by atoms with Gasteiger partial charge in [0.1, 0.15) is 5.78 Å². The van der Waals surface area contributed by atoms with E-state index in [-0.39, 0.29) is 17.7 Å². The molecule has 1 aromatic heterocycles. The quantitative estimate of drug-likeness (QED) is 0.906. The molecule has 1 amide bonds. The number of Topliss-reactive ketones (excluding diaryl/α,β-unsaturated/α-hetero) is 1. The van der Waals surface area contributed by atoms with Crippen LogP contribution in [0.25, 0.3) is 10.9 Å². The standard InChI is InChI=1S/C17H20N2O2/c1-11(20)6-9-17(21)18-12-7-8-14-13-4-2-3-5-15(13)19-16(14)10-12/h2-5,12,19H,6-10H2,1H3,(H,18,21). The average Bonchev–Trinajstić information content (AvgIpc) is 2.82. The molecule has 110 valence electrons. The number of aryl methyl sites for hydroxylation is 1. The van der Waals surface area contributed by atoms with Gasteiger partial charge in [-0.3, -0.25) is 4.79 Å². The Bertz CT molecular complexity index is 687. The second-order valence-electron chi connectivity index (χ2n) is 5.84. The molecule has 1 aliphatic carbocycles. The van der Waals surface area contributed by atoms with E-state index in [1.807, 2.05) is 6.07 Å². The van der Waals surface area contributed by atoms with Crippen LogP contribution < -0.4 is 5.32 Å². The number of rotatable bonds is 4. The molecule has 0 spiro atoms. The van der Waals surface area contributed by atoms with Gasteiger partial charge in [0.05, 0.1) is 0 Å². The highest BCUT2D eigenvalue weighted by Gasteiger charge is 2.23. The van der Waals surface area contributed by atoms with Crippen molar-refractivity contribution in [2.75, 3.05) is 0 Å².